The highest BCUT2D eigenvalue weighted by Crippen LogP contribution is 2.40. The zero-order valence-electron chi connectivity index (χ0n) is 22.5. The number of carbonyl (C=O) groups excluding carboxylic acids is 3. The largest absolute Gasteiger partial charge is 0.348 e. The van der Waals surface area contributed by atoms with Gasteiger partial charge >= 0.3 is 0 Å². The lowest BCUT2D eigenvalue weighted by molar-refractivity contribution is -0.145. The van der Waals surface area contributed by atoms with Gasteiger partial charge in [-0.3, -0.25) is 14.4 Å². The van der Waals surface area contributed by atoms with Crippen LogP contribution in [0.25, 0.3) is 10.4 Å². The molecular formula is C28H37FN4O3S. The van der Waals surface area contributed by atoms with Gasteiger partial charge in [-0.05, 0) is 68.6 Å². The van der Waals surface area contributed by atoms with Gasteiger partial charge in [-0.25, -0.2) is 9.37 Å². The minimum Gasteiger partial charge on any atom is -0.348 e. The monoisotopic (exact) mass is 528 g/mol. The fraction of sp³-hybridized carbons (Fsp3) is 0.571. The van der Waals surface area contributed by atoms with Crippen LogP contribution in [0.1, 0.15) is 76.2 Å². The Labute approximate surface area is 222 Å². The Morgan fingerprint density at radius 3 is 2.46 bits per heavy atom. The molecule has 37 heavy (non-hydrogen) atoms. The second-order valence-electron chi connectivity index (χ2n) is 11.5. The summed E-state index contributed by atoms with van der Waals surface area (Å²) in [5, 5.41) is 5.74. The molecule has 3 amide bonds. The first-order valence-corrected chi connectivity index (χ1v) is 13.8. The Bertz CT molecular complexity index is 1200. The van der Waals surface area contributed by atoms with E-state index in [1.54, 1.807) is 16.2 Å². The molecule has 1 saturated heterocycles. The van der Waals surface area contributed by atoms with E-state index in [0.29, 0.717) is 19.4 Å². The van der Waals surface area contributed by atoms with E-state index in [0.717, 1.165) is 27.3 Å². The van der Waals surface area contributed by atoms with Crippen molar-refractivity contribution in [2.75, 3.05) is 6.54 Å². The summed E-state index contributed by atoms with van der Waals surface area (Å²) in [5.74, 6) is -1.29. The van der Waals surface area contributed by atoms with E-state index in [2.05, 4.69) is 21.7 Å². The lowest BCUT2D eigenvalue weighted by Gasteiger charge is -2.36. The molecule has 2 N–H and O–H groups in total. The lowest BCUT2D eigenvalue weighted by atomic mass is 9.85. The zero-order valence-corrected chi connectivity index (χ0v) is 23.3. The number of amides is 3. The van der Waals surface area contributed by atoms with E-state index in [1.807, 2.05) is 59.2 Å². The first-order valence-electron chi connectivity index (χ1n) is 12.9. The fourth-order valence-corrected chi connectivity index (χ4v) is 5.79. The number of likely N-dealkylation sites (tertiary alicyclic amines) is 1. The van der Waals surface area contributed by atoms with Crippen LogP contribution in [0.5, 0.6) is 0 Å². The van der Waals surface area contributed by atoms with E-state index < -0.39 is 29.1 Å². The van der Waals surface area contributed by atoms with Gasteiger partial charge in [0.15, 0.2) is 5.67 Å². The Kier molecular flexibility index (Phi) is 7.48. The Balaban J connectivity index is 1.46. The predicted octanol–water partition coefficient (Wildman–Crippen LogP) is 4.63. The molecule has 0 spiro atoms. The number of halogens is 1. The van der Waals surface area contributed by atoms with Crippen LogP contribution in [0.4, 0.5) is 4.39 Å². The number of nitrogens with one attached hydrogen (secondary N) is 2. The van der Waals surface area contributed by atoms with Gasteiger partial charge < -0.3 is 15.5 Å². The predicted molar refractivity (Wildman–Crippen MR) is 143 cm³/mol. The van der Waals surface area contributed by atoms with Crippen LogP contribution in [-0.2, 0) is 14.4 Å². The van der Waals surface area contributed by atoms with Gasteiger partial charge in [0.05, 0.1) is 22.1 Å². The molecule has 2 aliphatic rings. The molecule has 1 aliphatic heterocycles. The van der Waals surface area contributed by atoms with Gasteiger partial charge in [-0.1, -0.05) is 39.0 Å². The number of benzene rings is 1. The number of thiazole rings is 1. The number of alkyl halides is 1. The molecule has 1 aromatic carbocycles. The van der Waals surface area contributed by atoms with Gasteiger partial charge in [0, 0.05) is 6.54 Å². The van der Waals surface area contributed by atoms with E-state index in [9.17, 15) is 18.8 Å². The van der Waals surface area contributed by atoms with Crippen molar-refractivity contribution in [3.05, 3.63) is 40.5 Å². The van der Waals surface area contributed by atoms with E-state index in [4.69, 9.17) is 0 Å². The zero-order chi connectivity index (χ0) is 27.1. The quantitative estimate of drug-likeness (QED) is 0.548. The molecule has 2 heterocycles. The van der Waals surface area contributed by atoms with Gasteiger partial charge in [0.2, 0.25) is 11.8 Å². The molecular weight excluding hydrogens is 491 g/mol. The maximum absolute atomic E-state index is 14.3. The first kappa shape index (κ1) is 27.2. The standard InChI is InChI=1S/C28H37FN4O3S/c1-16-14-19(22-18(3)30-15-37-22)9-10-20(16)17(2)31-24(34)21-8-7-13-33(21)25(35)23(27(4,5)6)32-26(36)28(29)11-12-28/h9-10,14-15,17,21,23H,7-8,11-13H2,1-6H3,(H,31,34)(H,32,36)/t17-,21-,23?/m0/s1. The van der Waals surface area contributed by atoms with E-state index in [-0.39, 0.29) is 30.7 Å². The summed E-state index contributed by atoms with van der Waals surface area (Å²) in [6.45, 7) is 11.9. The SMILES string of the molecule is Cc1cc(-c2scnc2C)ccc1[C@H](C)NC(=O)[C@@H]1CCCN1C(=O)C(NC(=O)C1(F)CC1)C(C)(C)C. The molecule has 1 aliphatic carbocycles. The van der Waals surface area contributed by atoms with Crippen molar-refractivity contribution in [2.45, 2.75) is 91.0 Å². The highest BCUT2D eigenvalue weighted by Gasteiger charge is 2.53. The van der Waals surface area contributed by atoms with Crippen LogP contribution in [0.15, 0.2) is 23.7 Å². The summed E-state index contributed by atoms with van der Waals surface area (Å²) in [4.78, 5) is 46.4. The van der Waals surface area contributed by atoms with Crippen molar-refractivity contribution in [1.29, 1.82) is 0 Å². The highest BCUT2D eigenvalue weighted by atomic mass is 32.1. The maximum Gasteiger partial charge on any atom is 0.258 e. The summed E-state index contributed by atoms with van der Waals surface area (Å²) < 4.78 is 14.3. The molecule has 7 nitrogen and oxygen atoms in total. The number of aryl methyl sites for hydroxylation is 2. The second-order valence-corrected chi connectivity index (χ2v) is 12.4. The number of rotatable bonds is 7. The van der Waals surface area contributed by atoms with Crippen molar-refractivity contribution >= 4 is 29.1 Å². The van der Waals surface area contributed by atoms with Crippen molar-refractivity contribution in [2.24, 2.45) is 5.41 Å². The van der Waals surface area contributed by atoms with Crippen LogP contribution < -0.4 is 10.6 Å². The van der Waals surface area contributed by atoms with Crippen molar-refractivity contribution < 1.29 is 18.8 Å². The summed E-state index contributed by atoms with van der Waals surface area (Å²) in [7, 11) is 0. The molecule has 1 saturated carbocycles. The molecule has 200 valence electrons. The Morgan fingerprint density at radius 2 is 1.89 bits per heavy atom. The van der Waals surface area contributed by atoms with Gasteiger partial charge in [-0.2, -0.15) is 0 Å². The second kappa shape index (κ2) is 10.2. The third-order valence-corrected chi connectivity index (χ3v) is 8.40. The molecule has 3 atom stereocenters. The smallest absolute Gasteiger partial charge is 0.258 e. The van der Waals surface area contributed by atoms with Gasteiger partial charge in [0.1, 0.15) is 12.1 Å². The summed E-state index contributed by atoms with van der Waals surface area (Å²) in [6.07, 6.45) is 1.60. The number of hydrogen-bond donors (Lipinski definition) is 2. The third kappa shape index (κ3) is 5.71. The fourth-order valence-electron chi connectivity index (χ4n) is 4.98. The van der Waals surface area contributed by atoms with Crippen molar-refractivity contribution in [1.82, 2.24) is 20.5 Å². The van der Waals surface area contributed by atoms with Crippen LogP contribution in [0.3, 0.4) is 0 Å². The maximum atomic E-state index is 14.3. The molecule has 0 radical (unpaired) electrons. The van der Waals surface area contributed by atoms with E-state index >= 15 is 0 Å². The van der Waals surface area contributed by atoms with Crippen molar-refractivity contribution in [3.8, 4) is 10.4 Å². The molecule has 0 bridgehead atoms. The van der Waals surface area contributed by atoms with Gasteiger partial charge in [-0.15, -0.1) is 11.3 Å². The molecule has 1 aromatic heterocycles. The molecule has 1 unspecified atom stereocenters. The highest BCUT2D eigenvalue weighted by molar-refractivity contribution is 7.13. The third-order valence-electron chi connectivity index (χ3n) is 7.43. The molecule has 2 fully saturated rings. The number of nitrogens with zero attached hydrogens (tertiary/aromatic N) is 2. The normalized spacial score (nSPS) is 20.3. The van der Waals surface area contributed by atoms with Crippen molar-refractivity contribution in [3.63, 3.8) is 0 Å². The van der Waals surface area contributed by atoms with Gasteiger partial charge in [0.25, 0.3) is 5.91 Å². The molecule has 9 heteroatoms. The number of carbonyl (C=O) groups is 3. The van der Waals surface area contributed by atoms with Crippen LogP contribution >= 0.6 is 11.3 Å². The summed E-state index contributed by atoms with van der Waals surface area (Å²) in [6, 6.07) is 4.40. The van der Waals surface area contributed by atoms with Crippen LogP contribution in [0, 0.1) is 19.3 Å². The Morgan fingerprint density at radius 1 is 1.19 bits per heavy atom. The first-order chi connectivity index (χ1) is 17.3. The summed E-state index contributed by atoms with van der Waals surface area (Å²) in [5.41, 5.74) is 3.50. The topological polar surface area (TPSA) is 91.4 Å². The molecule has 2 aromatic rings. The molecule has 4 rings (SSSR count). The van der Waals surface area contributed by atoms with Crippen LogP contribution in [0.2, 0.25) is 0 Å². The lowest BCUT2D eigenvalue weighted by Crippen LogP contribution is -2.59. The minimum atomic E-state index is -1.87. The minimum absolute atomic E-state index is 0.181. The number of aromatic nitrogens is 1. The van der Waals surface area contributed by atoms with Crippen LogP contribution in [-0.4, -0.2) is 51.9 Å². The number of hydrogen-bond acceptors (Lipinski definition) is 5. The Hall–Kier alpha value is -2.81. The average molecular weight is 529 g/mol. The average Bonchev–Trinajstić information content (AvgIpc) is 3.21. The summed E-state index contributed by atoms with van der Waals surface area (Å²) >= 11 is 1.60. The van der Waals surface area contributed by atoms with E-state index in [1.165, 1.54) is 0 Å².